The number of pyridine rings is 1. The van der Waals surface area contributed by atoms with Crippen molar-refractivity contribution in [1.29, 1.82) is 0 Å². The normalized spacial score (nSPS) is 15.8. The van der Waals surface area contributed by atoms with Gasteiger partial charge in [0.25, 0.3) is 0 Å². The van der Waals surface area contributed by atoms with E-state index < -0.39 is 0 Å². The highest BCUT2D eigenvalue weighted by Crippen LogP contribution is 2.31. The van der Waals surface area contributed by atoms with Gasteiger partial charge in [0.15, 0.2) is 0 Å². The van der Waals surface area contributed by atoms with Crippen LogP contribution in [0.25, 0.3) is 16.9 Å². The third kappa shape index (κ3) is 6.09. The molecule has 7 heteroatoms. The zero-order valence-corrected chi connectivity index (χ0v) is 23.4. The van der Waals surface area contributed by atoms with Gasteiger partial charge in [0.2, 0.25) is 0 Å². The minimum atomic E-state index is 0.265. The number of hydrogen-bond donors (Lipinski definition) is 1. The number of nitrogens with one attached hydrogen (secondary N) is 1. The number of aldehydes is 1. The first kappa shape index (κ1) is 26.8. The molecule has 0 saturated carbocycles. The van der Waals surface area contributed by atoms with Crippen LogP contribution < -0.4 is 15.1 Å². The Morgan fingerprint density at radius 2 is 1.59 bits per heavy atom. The van der Waals surface area contributed by atoms with Gasteiger partial charge < -0.3 is 24.8 Å². The summed E-state index contributed by atoms with van der Waals surface area (Å²) in [7, 11) is 2.19. The smallest absolute Gasteiger partial charge is 0.139 e. The zero-order valence-electron chi connectivity index (χ0n) is 23.4. The summed E-state index contributed by atoms with van der Waals surface area (Å²) in [6, 6.07) is 21.0. The standard InChI is InChI=1S/C19H20N4O.C13H20N2/c24-14-10-20-19-18(21-17-5-1-2-13-23(17)19)15-6-8-16(9-7-15)22-11-3-4-12-22;1-11-5-4-6-13(12(11)2)15-9-7-14(3)8-10-15/h1-2,5-9,13-14,20H,3-4,10-12H2;4-6H,7-10H2,1-3H3. The molecule has 0 spiro atoms. The molecule has 2 aromatic heterocycles. The second kappa shape index (κ2) is 12.3. The summed E-state index contributed by atoms with van der Waals surface area (Å²) in [4.78, 5) is 22.8. The molecule has 1 N–H and O–H groups in total. The van der Waals surface area contributed by atoms with Crippen molar-refractivity contribution in [3.05, 3.63) is 78.0 Å². The van der Waals surface area contributed by atoms with Crippen LogP contribution in [0.5, 0.6) is 0 Å². The molecule has 2 aliphatic rings. The van der Waals surface area contributed by atoms with Gasteiger partial charge in [-0.15, -0.1) is 0 Å². The van der Waals surface area contributed by atoms with Crippen LogP contribution in [0.4, 0.5) is 17.2 Å². The molecule has 0 bridgehead atoms. The number of benzene rings is 2. The van der Waals surface area contributed by atoms with E-state index in [1.165, 1.54) is 48.4 Å². The molecule has 2 aromatic carbocycles. The van der Waals surface area contributed by atoms with E-state index in [0.29, 0.717) is 0 Å². The molecule has 6 rings (SSSR count). The first-order valence-electron chi connectivity index (χ1n) is 14.0. The van der Waals surface area contributed by atoms with Gasteiger partial charge in [0, 0.05) is 62.4 Å². The summed E-state index contributed by atoms with van der Waals surface area (Å²) in [5.41, 5.74) is 8.30. The summed E-state index contributed by atoms with van der Waals surface area (Å²) in [5, 5.41) is 3.18. The van der Waals surface area contributed by atoms with Gasteiger partial charge >= 0.3 is 0 Å². The summed E-state index contributed by atoms with van der Waals surface area (Å²) >= 11 is 0. The van der Waals surface area contributed by atoms with Crippen LogP contribution in [0.3, 0.4) is 0 Å². The number of anilines is 3. The maximum absolute atomic E-state index is 10.8. The fraction of sp³-hybridized carbons (Fsp3) is 0.375. The van der Waals surface area contributed by atoms with Crippen molar-refractivity contribution in [2.75, 3.05) is 68.0 Å². The number of rotatable bonds is 6. The van der Waals surface area contributed by atoms with Crippen LogP contribution in [0.15, 0.2) is 66.9 Å². The molecule has 4 heterocycles. The average Bonchev–Trinajstić information content (AvgIpc) is 3.63. The van der Waals surface area contributed by atoms with Gasteiger partial charge in [-0.3, -0.25) is 4.40 Å². The Hall–Kier alpha value is -3.84. The number of fused-ring (bicyclic) bond motifs is 1. The Kier molecular flexibility index (Phi) is 8.47. The first-order chi connectivity index (χ1) is 19.0. The SMILES string of the molecule is Cc1cccc(N2CCN(C)CC2)c1C.O=CCNc1c(-c2ccc(N3CCCC3)cc2)nc2ccccn12. The fourth-order valence-corrected chi connectivity index (χ4v) is 5.44. The zero-order chi connectivity index (χ0) is 27.2. The topological polar surface area (TPSA) is 56.1 Å². The maximum atomic E-state index is 10.8. The van der Waals surface area contributed by atoms with Crippen molar-refractivity contribution in [3.63, 3.8) is 0 Å². The van der Waals surface area contributed by atoms with Crippen molar-refractivity contribution in [1.82, 2.24) is 14.3 Å². The Morgan fingerprint density at radius 3 is 2.31 bits per heavy atom. The number of imidazole rings is 1. The van der Waals surface area contributed by atoms with E-state index in [1.807, 2.05) is 28.8 Å². The molecule has 0 unspecified atom stereocenters. The third-order valence-electron chi connectivity index (χ3n) is 7.91. The molecule has 0 radical (unpaired) electrons. The highest BCUT2D eigenvalue weighted by Gasteiger charge is 2.17. The molecule has 2 saturated heterocycles. The van der Waals surface area contributed by atoms with Crippen molar-refractivity contribution >= 4 is 29.1 Å². The van der Waals surface area contributed by atoms with E-state index in [2.05, 4.69) is 83.4 Å². The fourth-order valence-electron chi connectivity index (χ4n) is 5.44. The summed E-state index contributed by atoms with van der Waals surface area (Å²) in [6.45, 7) is 11.6. The van der Waals surface area contributed by atoms with Gasteiger partial charge in [0.05, 0.1) is 6.54 Å². The predicted molar refractivity (Wildman–Crippen MR) is 162 cm³/mol. The maximum Gasteiger partial charge on any atom is 0.139 e. The van der Waals surface area contributed by atoms with E-state index >= 15 is 0 Å². The number of carbonyl (C=O) groups is 1. The Labute approximate surface area is 232 Å². The van der Waals surface area contributed by atoms with Gasteiger partial charge in [-0.2, -0.15) is 0 Å². The lowest BCUT2D eigenvalue weighted by Gasteiger charge is -2.35. The molecule has 39 heavy (non-hydrogen) atoms. The lowest BCUT2D eigenvalue weighted by atomic mass is 10.1. The second-order valence-electron chi connectivity index (χ2n) is 10.5. The molecule has 204 valence electrons. The number of nitrogens with zero attached hydrogens (tertiary/aromatic N) is 5. The first-order valence-corrected chi connectivity index (χ1v) is 14.0. The molecular formula is C32H40N6O. The predicted octanol–water partition coefficient (Wildman–Crippen LogP) is 5.27. The molecular weight excluding hydrogens is 484 g/mol. The lowest BCUT2D eigenvalue weighted by Crippen LogP contribution is -2.44. The lowest BCUT2D eigenvalue weighted by molar-refractivity contribution is -0.106. The highest BCUT2D eigenvalue weighted by atomic mass is 16.1. The Morgan fingerprint density at radius 1 is 0.846 bits per heavy atom. The summed E-state index contributed by atoms with van der Waals surface area (Å²) in [6.07, 6.45) is 5.36. The minimum absolute atomic E-state index is 0.265. The average molecular weight is 525 g/mol. The molecule has 2 fully saturated rings. The third-order valence-corrected chi connectivity index (χ3v) is 7.91. The molecule has 0 amide bonds. The van der Waals surface area contributed by atoms with Crippen molar-refractivity contribution in [3.8, 4) is 11.3 Å². The molecule has 2 aliphatic heterocycles. The van der Waals surface area contributed by atoms with Crippen molar-refractivity contribution in [2.45, 2.75) is 26.7 Å². The quantitative estimate of drug-likeness (QED) is 0.347. The van der Waals surface area contributed by atoms with E-state index in [1.54, 1.807) is 0 Å². The molecule has 0 aliphatic carbocycles. The number of likely N-dealkylation sites (N-methyl/N-ethyl adjacent to an activating group) is 1. The van der Waals surface area contributed by atoms with Crippen LogP contribution in [-0.4, -0.2) is 73.4 Å². The van der Waals surface area contributed by atoms with Crippen molar-refractivity contribution in [2.24, 2.45) is 0 Å². The Bertz CT molecular complexity index is 1380. The number of carbonyl (C=O) groups excluding carboxylic acids is 1. The number of piperazine rings is 1. The second-order valence-corrected chi connectivity index (χ2v) is 10.5. The van der Waals surface area contributed by atoms with Crippen molar-refractivity contribution < 1.29 is 4.79 Å². The number of aryl methyl sites for hydroxylation is 1. The number of aromatic nitrogens is 2. The Balaban J connectivity index is 0.000000177. The summed E-state index contributed by atoms with van der Waals surface area (Å²) < 4.78 is 1.98. The van der Waals surface area contributed by atoms with Crippen LogP contribution in [0, 0.1) is 13.8 Å². The summed E-state index contributed by atoms with van der Waals surface area (Å²) in [5.74, 6) is 0.853. The van der Waals surface area contributed by atoms with Gasteiger partial charge in [-0.1, -0.05) is 30.3 Å². The van der Waals surface area contributed by atoms with Gasteiger partial charge in [-0.05, 0) is 75.2 Å². The monoisotopic (exact) mass is 524 g/mol. The van der Waals surface area contributed by atoms with Gasteiger partial charge in [-0.25, -0.2) is 4.98 Å². The van der Waals surface area contributed by atoms with E-state index in [-0.39, 0.29) is 6.54 Å². The largest absolute Gasteiger partial charge is 0.372 e. The van der Waals surface area contributed by atoms with E-state index in [0.717, 1.165) is 55.2 Å². The van der Waals surface area contributed by atoms with Crippen LogP contribution in [-0.2, 0) is 4.79 Å². The van der Waals surface area contributed by atoms with E-state index in [4.69, 9.17) is 4.98 Å². The minimum Gasteiger partial charge on any atom is -0.372 e. The molecule has 4 aromatic rings. The van der Waals surface area contributed by atoms with Gasteiger partial charge in [0.1, 0.15) is 23.4 Å². The van der Waals surface area contributed by atoms with Crippen LogP contribution in [0.2, 0.25) is 0 Å². The molecule has 7 nitrogen and oxygen atoms in total. The number of hydrogen-bond acceptors (Lipinski definition) is 6. The van der Waals surface area contributed by atoms with Crippen LogP contribution >= 0.6 is 0 Å². The molecule has 0 atom stereocenters. The van der Waals surface area contributed by atoms with E-state index in [9.17, 15) is 4.79 Å². The highest BCUT2D eigenvalue weighted by molar-refractivity contribution is 5.78. The van der Waals surface area contributed by atoms with Crippen LogP contribution in [0.1, 0.15) is 24.0 Å².